The number of fused-ring (bicyclic) bond motifs is 1. The van der Waals surface area contributed by atoms with Crippen LogP contribution in [0, 0.1) is 13.8 Å². The van der Waals surface area contributed by atoms with Crippen molar-refractivity contribution in [3.8, 4) is 0 Å². The summed E-state index contributed by atoms with van der Waals surface area (Å²) in [6.07, 6.45) is 0. The lowest BCUT2D eigenvalue weighted by molar-refractivity contribution is 1.11. The second kappa shape index (κ2) is 5.69. The molecule has 2 heterocycles. The molecule has 4 nitrogen and oxygen atoms in total. The molecule has 21 heavy (non-hydrogen) atoms. The van der Waals surface area contributed by atoms with Gasteiger partial charge in [-0.2, -0.15) is 4.98 Å². The Morgan fingerprint density at radius 3 is 2.81 bits per heavy atom. The molecule has 5 heteroatoms. The minimum atomic E-state index is 0.667. The van der Waals surface area contributed by atoms with Gasteiger partial charge >= 0.3 is 0 Å². The second-order valence-corrected chi connectivity index (χ2v) is 5.90. The smallest absolute Gasteiger partial charge is 0.226 e. The monoisotopic (exact) mass is 298 g/mol. The van der Waals surface area contributed by atoms with Crippen LogP contribution in [0.15, 0.2) is 29.6 Å². The number of nitrogens with one attached hydrogen (secondary N) is 2. The number of aryl methyl sites for hydroxylation is 2. The van der Waals surface area contributed by atoms with E-state index in [4.69, 9.17) is 0 Å². The van der Waals surface area contributed by atoms with Crippen LogP contribution in [0.4, 0.5) is 17.5 Å². The standard InChI is InChI=1S/C16H18N4S/c1-4-17-16-19-14(12-7-8-21-15(12)20-16)18-13-9-10(2)5-6-11(13)3/h5-9H,4H2,1-3H3,(H2,17,18,19,20). The van der Waals surface area contributed by atoms with Crippen molar-refractivity contribution in [2.75, 3.05) is 17.2 Å². The molecule has 2 N–H and O–H groups in total. The average molecular weight is 298 g/mol. The summed E-state index contributed by atoms with van der Waals surface area (Å²) in [5, 5.41) is 9.75. The predicted octanol–water partition coefficient (Wildman–Crippen LogP) is 4.48. The SMILES string of the molecule is CCNc1nc(Nc2cc(C)ccc2C)c2ccsc2n1. The van der Waals surface area contributed by atoms with E-state index in [0.717, 1.165) is 28.3 Å². The lowest BCUT2D eigenvalue weighted by Crippen LogP contribution is -2.04. The molecule has 1 aromatic carbocycles. The molecule has 0 fully saturated rings. The zero-order valence-corrected chi connectivity index (χ0v) is 13.2. The van der Waals surface area contributed by atoms with E-state index in [-0.39, 0.29) is 0 Å². The number of hydrogen-bond donors (Lipinski definition) is 2. The van der Waals surface area contributed by atoms with E-state index < -0.39 is 0 Å². The van der Waals surface area contributed by atoms with Crippen LogP contribution in [0.1, 0.15) is 18.1 Å². The zero-order chi connectivity index (χ0) is 14.8. The molecule has 2 aromatic heterocycles. The molecular weight excluding hydrogens is 280 g/mol. The molecule has 0 unspecified atom stereocenters. The summed E-state index contributed by atoms with van der Waals surface area (Å²) < 4.78 is 0. The van der Waals surface area contributed by atoms with Crippen molar-refractivity contribution in [1.29, 1.82) is 0 Å². The highest BCUT2D eigenvalue weighted by molar-refractivity contribution is 7.16. The predicted molar refractivity (Wildman–Crippen MR) is 90.8 cm³/mol. The Kier molecular flexibility index (Phi) is 3.75. The number of aromatic nitrogens is 2. The lowest BCUT2D eigenvalue weighted by atomic mass is 10.1. The molecule has 0 aliphatic heterocycles. The van der Waals surface area contributed by atoms with Crippen molar-refractivity contribution in [2.24, 2.45) is 0 Å². The van der Waals surface area contributed by atoms with Crippen molar-refractivity contribution in [3.05, 3.63) is 40.8 Å². The van der Waals surface area contributed by atoms with Gasteiger partial charge in [0.15, 0.2) is 0 Å². The summed E-state index contributed by atoms with van der Waals surface area (Å²) >= 11 is 1.63. The van der Waals surface area contributed by atoms with Gasteiger partial charge in [-0.3, -0.25) is 0 Å². The maximum absolute atomic E-state index is 4.60. The Bertz CT molecular complexity index is 779. The maximum atomic E-state index is 4.60. The van der Waals surface area contributed by atoms with Crippen LogP contribution < -0.4 is 10.6 Å². The summed E-state index contributed by atoms with van der Waals surface area (Å²) in [5.41, 5.74) is 3.52. The Hall–Kier alpha value is -2.14. The van der Waals surface area contributed by atoms with Gasteiger partial charge in [0.1, 0.15) is 10.6 Å². The van der Waals surface area contributed by atoms with Gasteiger partial charge in [0.25, 0.3) is 0 Å². The number of thiophene rings is 1. The van der Waals surface area contributed by atoms with Crippen LogP contribution in [0.5, 0.6) is 0 Å². The minimum Gasteiger partial charge on any atom is -0.354 e. The average Bonchev–Trinajstić information content (AvgIpc) is 2.92. The first-order valence-corrected chi connectivity index (χ1v) is 7.88. The molecule has 0 spiro atoms. The summed E-state index contributed by atoms with van der Waals surface area (Å²) in [7, 11) is 0. The first kappa shape index (κ1) is 13.8. The van der Waals surface area contributed by atoms with Gasteiger partial charge in [0.2, 0.25) is 5.95 Å². The number of benzene rings is 1. The third-order valence-electron chi connectivity index (χ3n) is 3.31. The van der Waals surface area contributed by atoms with Crippen molar-refractivity contribution >= 4 is 39.0 Å². The highest BCUT2D eigenvalue weighted by Crippen LogP contribution is 2.30. The van der Waals surface area contributed by atoms with E-state index in [0.29, 0.717) is 5.95 Å². The van der Waals surface area contributed by atoms with Crippen LogP contribution in [0.25, 0.3) is 10.2 Å². The fourth-order valence-corrected chi connectivity index (χ4v) is 2.95. The first-order chi connectivity index (χ1) is 10.2. The molecule has 0 saturated carbocycles. The Labute approximate surface area is 128 Å². The van der Waals surface area contributed by atoms with E-state index in [1.165, 1.54) is 11.1 Å². The normalized spacial score (nSPS) is 10.8. The van der Waals surface area contributed by atoms with Crippen LogP contribution in [-0.4, -0.2) is 16.5 Å². The van der Waals surface area contributed by atoms with Gasteiger partial charge in [-0.15, -0.1) is 11.3 Å². The lowest BCUT2D eigenvalue weighted by Gasteiger charge is -2.12. The zero-order valence-electron chi connectivity index (χ0n) is 12.4. The summed E-state index contributed by atoms with van der Waals surface area (Å²) in [6.45, 7) is 7.04. The Morgan fingerprint density at radius 1 is 1.14 bits per heavy atom. The topological polar surface area (TPSA) is 49.8 Å². The number of nitrogens with zero attached hydrogens (tertiary/aromatic N) is 2. The molecule has 0 bridgehead atoms. The number of rotatable bonds is 4. The quantitative estimate of drug-likeness (QED) is 0.745. The first-order valence-electron chi connectivity index (χ1n) is 7.00. The van der Waals surface area contributed by atoms with Gasteiger partial charge in [-0.1, -0.05) is 12.1 Å². The molecule has 0 aliphatic carbocycles. The summed E-state index contributed by atoms with van der Waals surface area (Å²) in [6, 6.07) is 8.44. The summed E-state index contributed by atoms with van der Waals surface area (Å²) in [4.78, 5) is 10.1. The molecule has 108 valence electrons. The number of hydrogen-bond acceptors (Lipinski definition) is 5. The fourth-order valence-electron chi connectivity index (χ4n) is 2.19. The third-order valence-corrected chi connectivity index (χ3v) is 4.11. The van der Waals surface area contributed by atoms with Crippen LogP contribution in [-0.2, 0) is 0 Å². The molecule has 0 amide bonds. The molecular formula is C16H18N4S. The van der Waals surface area contributed by atoms with Gasteiger partial charge in [0, 0.05) is 12.2 Å². The van der Waals surface area contributed by atoms with E-state index in [1.54, 1.807) is 11.3 Å². The summed E-state index contributed by atoms with van der Waals surface area (Å²) in [5.74, 6) is 1.52. The van der Waals surface area contributed by atoms with Crippen LogP contribution >= 0.6 is 11.3 Å². The molecule has 0 atom stereocenters. The van der Waals surface area contributed by atoms with Crippen LogP contribution in [0.3, 0.4) is 0 Å². The van der Waals surface area contributed by atoms with Crippen LogP contribution in [0.2, 0.25) is 0 Å². The molecule has 0 radical (unpaired) electrons. The van der Waals surface area contributed by atoms with E-state index >= 15 is 0 Å². The van der Waals surface area contributed by atoms with Gasteiger partial charge in [-0.05, 0) is 49.4 Å². The van der Waals surface area contributed by atoms with Gasteiger partial charge < -0.3 is 10.6 Å². The Balaban J connectivity index is 2.06. The molecule has 3 rings (SSSR count). The molecule has 0 aliphatic rings. The van der Waals surface area contributed by atoms with Crippen molar-refractivity contribution < 1.29 is 0 Å². The minimum absolute atomic E-state index is 0.667. The largest absolute Gasteiger partial charge is 0.354 e. The Morgan fingerprint density at radius 2 is 2.00 bits per heavy atom. The van der Waals surface area contributed by atoms with Crippen molar-refractivity contribution in [1.82, 2.24) is 9.97 Å². The van der Waals surface area contributed by atoms with E-state index in [9.17, 15) is 0 Å². The fraction of sp³-hybridized carbons (Fsp3) is 0.250. The second-order valence-electron chi connectivity index (χ2n) is 5.01. The van der Waals surface area contributed by atoms with E-state index in [2.05, 4.69) is 58.7 Å². The van der Waals surface area contributed by atoms with Gasteiger partial charge in [0.05, 0.1) is 5.39 Å². The maximum Gasteiger partial charge on any atom is 0.226 e. The highest BCUT2D eigenvalue weighted by Gasteiger charge is 2.10. The molecule has 3 aromatic rings. The van der Waals surface area contributed by atoms with Crippen molar-refractivity contribution in [3.63, 3.8) is 0 Å². The number of anilines is 3. The molecule has 0 saturated heterocycles. The van der Waals surface area contributed by atoms with E-state index in [1.807, 2.05) is 12.3 Å². The third kappa shape index (κ3) is 2.83. The van der Waals surface area contributed by atoms with Crippen molar-refractivity contribution in [2.45, 2.75) is 20.8 Å². The highest BCUT2D eigenvalue weighted by atomic mass is 32.1. The van der Waals surface area contributed by atoms with Gasteiger partial charge in [-0.25, -0.2) is 4.98 Å².